The van der Waals surface area contributed by atoms with E-state index in [0.29, 0.717) is 6.42 Å². The van der Waals surface area contributed by atoms with Crippen LogP contribution in [0.15, 0.2) is 42.6 Å². The molecule has 1 aliphatic carbocycles. The molecular weight excluding hydrogens is 234 g/mol. The van der Waals surface area contributed by atoms with Crippen LogP contribution in [0.5, 0.6) is 0 Å². The normalized spacial score (nSPS) is 18.4. The fourth-order valence-corrected chi connectivity index (χ4v) is 2.78. The second-order valence-electron chi connectivity index (χ2n) is 6.07. The molecule has 1 aliphatic rings. The van der Waals surface area contributed by atoms with Crippen molar-refractivity contribution >= 4 is 22.3 Å². The zero-order chi connectivity index (χ0) is 13.5. The number of rotatable bonds is 1. The van der Waals surface area contributed by atoms with E-state index < -0.39 is 0 Å². The molecule has 2 nitrogen and oxygen atoms in total. The predicted octanol–water partition coefficient (Wildman–Crippen LogP) is 4.01. The van der Waals surface area contributed by atoms with Crippen LogP contribution in [0.3, 0.4) is 0 Å². The van der Waals surface area contributed by atoms with Crippen molar-refractivity contribution in [1.82, 2.24) is 4.98 Å². The Labute approximate surface area is 113 Å². The molecule has 2 heteroatoms. The third-order valence-electron chi connectivity index (χ3n) is 3.62. The van der Waals surface area contributed by atoms with Gasteiger partial charge >= 0.3 is 0 Å². The maximum Gasteiger partial charge on any atom is 0.156 e. The van der Waals surface area contributed by atoms with Gasteiger partial charge in [0.2, 0.25) is 0 Å². The van der Waals surface area contributed by atoms with Crippen LogP contribution < -0.4 is 0 Å². The van der Waals surface area contributed by atoms with Crippen LogP contribution in [0.2, 0.25) is 0 Å². The third kappa shape index (κ3) is 2.43. The number of allylic oxidation sites excluding steroid dienone is 2. The highest BCUT2D eigenvalue weighted by Gasteiger charge is 2.28. The number of pyridine rings is 1. The van der Waals surface area contributed by atoms with E-state index in [2.05, 4.69) is 31.0 Å². The highest BCUT2D eigenvalue weighted by atomic mass is 16.1. The van der Waals surface area contributed by atoms with Crippen molar-refractivity contribution in [3.63, 3.8) is 0 Å². The summed E-state index contributed by atoms with van der Waals surface area (Å²) in [6.45, 7) is 4.29. The summed E-state index contributed by atoms with van der Waals surface area (Å²) in [7, 11) is 0. The van der Waals surface area contributed by atoms with Crippen molar-refractivity contribution in [2.75, 3.05) is 0 Å². The second kappa shape index (κ2) is 4.30. The SMILES string of the molecule is CC1(C)CC(=O)C=C(c2cnc3ccccc3c2)C1. The van der Waals surface area contributed by atoms with Gasteiger partial charge in [0.15, 0.2) is 5.78 Å². The number of benzene rings is 1. The lowest BCUT2D eigenvalue weighted by molar-refractivity contribution is -0.116. The first-order valence-corrected chi connectivity index (χ1v) is 6.62. The standard InChI is InChI=1S/C17H17NO/c1-17(2)9-13(8-15(19)10-17)14-7-12-5-3-4-6-16(12)18-11-14/h3-8,11H,9-10H2,1-2H3. The van der Waals surface area contributed by atoms with Gasteiger partial charge in [-0.05, 0) is 41.2 Å². The van der Waals surface area contributed by atoms with Crippen LogP contribution in [-0.4, -0.2) is 10.8 Å². The third-order valence-corrected chi connectivity index (χ3v) is 3.62. The molecule has 0 aliphatic heterocycles. The van der Waals surface area contributed by atoms with Crippen molar-refractivity contribution in [2.24, 2.45) is 5.41 Å². The van der Waals surface area contributed by atoms with Crippen LogP contribution in [0.1, 0.15) is 32.3 Å². The fourth-order valence-electron chi connectivity index (χ4n) is 2.78. The molecule has 1 aromatic heterocycles. The van der Waals surface area contributed by atoms with Gasteiger partial charge in [-0.1, -0.05) is 32.0 Å². The molecule has 0 amide bonds. The van der Waals surface area contributed by atoms with Gasteiger partial charge < -0.3 is 0 Å². The van der Waals surface area contributed by atoms with E-state index >= 15 is 0 Å². The van der Waals surface area contributed by atoms with Crippen LogP contribution in [0.25, 0.3) is 16.5 Å². The molecule has 19 heavy (non-hydrogen) atoms. The molecular formula is C17H17NO. The van der Waals surface area contributed by atoms with E-state index in [9.17, 15) is 4.79 Å². The number of hydrogen-bond acceptors (Lipinski definition) is 2. The Morgan fingerprint density at radius 3 is 2.74 bits per heavy atom. The topological polar surface area (TPSA) is 30.0 Å². The summed E-state index contributed by atoms with van der Waals surface area (Å²) in [5, 5.41) is 1.12. The molecule has 0 saturated carbocycles. The minimum Gasteiger partial charge on any atom is -0.295 e. The average molecular weight is 251 g/mol. The second-order valence-corrected chi connectivity index (χ2v) is 6.07. The summed E-state index contributed by atoms with van der Waals surface area (Å²) in [6.07, 6.45) is 5.23. The van der Waals surface area contributed by atoms with Crippen LogP contribution in [0, 0.1) is 5.41 Å². The van der Waals surface area contributed by atoms with E-state index in [1.54, 1.807) is 6.08 Å². The van der Waals surface area contributed by atoms with Gasteiger partial charge in [-0.25, -0.2) is 0 Å². The number of carbonyl (C=O) groups excluding carboxylic acids is 1. The maximum absolute atomic E-state index is 11.8. The number of carbonyl (C=O) groups is 1. The Balaban J connectivity index is 2.07. The van der Waals surface area contributed by atoms with E-state index in [1.807, 2.05) is 24.4 Å². The molecule has 0 radical (unpaired) electrons. The van der Waals surface area contributed by atoms with Crippen LogP contribution >= 0.6 is 0 Å². The van der Waals surface area contributed by atoms with E-state index in [-0.39, 0.29) is 11.2 Å². The predicted molar refractivity (Wildman–Crippen MR) is 77.7 cm³/mol. The van der Waals surface area contributed by atoms with Crippen molar-refractivity contribution in [3.8, 4) is 0 Å². The molecule has 0 atom stereocenters. The van der Waals surface area contributed by atoms with Crippen molar-refractivity contribution in [2.45, 2.75) is 26.7 Å². The van der Waals surface area contributed by atoms with E-state index in [1.165, 1.54) is 0 Å². The minimum atomic E-state index is 0.0484. The van der Waals surface area contributed by atoms with Gasteiger partial charge in [-0.2, -0.15) is 0 Å². The highest BCUT2D eigenvalue weighted by Crippen LogP contribution is 2.38. The molecule has 3 rings (SSSR count). The Kier molecular flexibility index (Phi) is 2.74. The number of ketones is 1. The summed E-state index contributed by atoms with van der Waals surface area (Å²) >= 11 is 0. The molecule has 0 unspecified atom stereocenters. The molecule has 0 fully saturated rings. The lowest BCUT2D eigenvalue weighted by Crippen LogP contribution is -2.21. The smallest absolute Gasteiger partial charge is 0.156 e. The molecule has 0 bridgehead atoms. The number of para-hydroxylation sites is 1. The summed E-state index contributed by atoms with van der Waals surface area (Å²) in [4.78, 5) is 16.3. The minimum absolute atomic E-state index is 0.0484. The Bertz CT molecular complexity index is 682. The number of fused-ring (bicyclic) bond motifs is 1. The van der Waals surface area contributed by atoms with Gasteiger partial charge in [0.05, 0.1) is 5.52 Å². The van der Waals surface area contributed by atoms with E-state index in [4.69, 9.17) is 0 Å². The Morgan fingerprint density at radius 1 is 1.16 bits per heavy atom. The molecule has 2 aromatic rings. The van der Waals surface area contributed by atoms with Gasteiger partial charge in [-0.3, -0.25) is 9.78 Å². The van der Waals surface area contributed by atoms with Gasteiger partial charge in [0.25, 0.3) is 0 Å². The summed E-state index contributed by atoms with van der Waals surface area (Å²) in [5.41, 5.74) is 3.22. The molecule has 0 saturated heterocycles. The summed E-state index contributed by atoms with van der Waals surface area (Å²) < 4.78 is 0. The fraction of sp³-hybridized carbons (Fsp3) is 0.294. The highest BCUT2D eigenvalue weighted by molar-refractivity contribution is 5.99. The first kappa shape index (κ1) is 12.1. The zero-order valence-corrected chi connectivity index (χ0v) is 11.3. The molecule has 1 aromatic carbocycles. The number of hydrogen-bond donors (Lipinski definition) is 0. The average Bonchev–Trinajstić information content (AvgIpc) is 2.36. The number of nitrogens with zero attached hydrogens (tertiary/aromatic N) is 1. The van der Waals surface area contributed by atoms with Gasteiger partial charge in [0, 0.05) is 18.0 Å². The quantitative estimate of drug-likeness (QED) is 0.766. The Hall–Kier alpha value is -1.96. The van der Waals surface area contributed by atoms with E-state index in [0.717, 1.165) is 28.5 Å². The molecule has 0 spiro atoms. The molecule has 1 heterocycles. The lowest BCUT2D eigenvalue weighted by Gasteiger charge is -2.28. The lowest BCUT2D eigenvalue weighted by atomic mass is 9.75. The van der Waals surface area contributed by atoms with Crippen molar-refractivity contribution < 1.29 is 4.79 Å². The number of aromatic nitrogens is 1. The largest absolute Gasteiger partial charge is 0.295 e. The molecule has 96 valence electrons. The first-order chi connectivity index (χ1) is 9.03. The van der Waals surface area contributed by atoms with Crippen molar-refractivity contribution in [1.29, 1.82) is 0 Å². The Morgan fingerprint density at radius 2 is 1.95 bits per heavy atom. The zero-order valence-electron chi connectivity index (χ0n) is 11.3. The molecule has 0 N–H and O–H groups in total. The van der Waals surface area contributed by atoms with Crippen molar-refractivity contribution in [3.05, 3.63) is 48.2 Å². The van der Waals surface area contributed by atoms with Gasteiger partial charge in [0.1, 0.15) is 0 Å². The monoisotopic (exact) mass is 251 g/mol. The summed E-state index contributed by atoms with van der Waals surface area (Å²) in [6, 6.07) is 10.2. The van der Waals surface area contributed by atoms with Crippen LogP contribution in [0.4, 0.5) is 0 Å². The first-order valence-electron chi connectivity index (χ1n) is 6.62. The maximum atomic E-state index is 11.8. The summed E-state index contributed by atoms with van der Waals surface area (Å²) in [5.74, 6) is 0.222. The van der Waals surface area contributed by atoms with Crippen LogP contribution in [-0.2, 0) is 4.79 Å². The van der Waals surface area contributed by atoms with Gasteiger partial charge in [-0.15, -0.1) is 0 Å².